The number of hydrogen-bond donors (Lipinski definition) is 1. The zero-order valence-corrected chi connectivity index (χ0v) is 12.8. The summed E-state index contributed by atoms with van der Waals surface area (Å²) in [6.45, 7) is 4.28. The van der Waals surface area contributed by atoms with Gasteiger partial charge in [-0.25, -0.2) is 0 Å². The van der Waals surface area contributed by atoms with E-state index in [-0.39, 0.29) is 0 Å². The van der Waals surface area contributed by atoms with Gasteiger partial charge in [0.2, 0.25) is 0 Å². The largest absolute Gasteiger partial charge is 0.387 e. The third kappa shape index (κ3) is 2.27. The first kappa shape index (κ1) is 13.6. The fraction of sp³-hybridized carbons (Fsp3) is 0.211. The predicted molar refractivity (Wildman–Crippen MR) is 90.8 cm³/mol. The number of fused-ring (bicyclic) bond motifs is 1. The molecule has 0 radical (unpaired) electrons. The maximum atomic E-state index is 4.89. The van der Waals surface area contributed by atoms with E-state index in [1.54, 1.807) is 0 Å². The van der Waals surface area contributed by atoms with Crippen molar-refractivity contribution in [2.75, 3.05) is 12.4 Å². The molecule has 2 aromatic carbocycles. The van der Waals surface area contributed by atoms with E-state index < -0.39 is 0 Å². The molecule has 0 fully saturated rings. The molecule has 0 aliphatic rings. The Hall–Kier alpha value is -2.35. The maximum absolute atomic E-state index is 4.89. The monoisotopic (exact) mass is 276 g/mol. The smallest absolute Gasteiger partial charge is 0.0804 e. The fourth-order valence-corrected chi connectivity index (χ4v) is 3.01. The van der Waals surface area contributed by atoms with E-state index in [9.17, 15) is 0 Å². The zero-order valence-electron chi connectivity index (χ0n) is 12.8. The van der Waals surface area contributed by atoms with E-state index >= 15 is 0 Å². The van der Waals surface area contributed by atoms with Gasteiger partial charge in [0.15, 0.2) is 0 Å². The van der Waals surface area contributed by atoms with Crippen molar-refractivity contribution in [3.05, 3.63) is 59.8 Å². The van der Waals surface area contributed by atoms with Gasteiger partial charge in [-0.15, -0.1) is 0 Å². The summed E-state index contributed by atoms with van der Waals surface area (Å²) in [6.07, 6.45) is 0.987. The average Bonchev–Trinajstić information content (AvgIpc) is 2.53. The van der Waals surface area contributed by atoms with Crippen LogP contribution in [0.5, 0.6) is 0 Å². The number of aryl methyl sites for hydroxylation is 1. The highest BCUT2D eigenvalue weighted by atomic mass is 14.8. The molecule has 0 amide bonds. The highest BCUT2D eigenvalue weighted by Gasteiger charge is 2.13. The van der Waals surface area contributed by atoms with Gasteiger partial charge < -0.3 is 5.32 Å². The SMILES string of the molecule is CCc1c(C)nc2c(-c3ccccc3)cccc2c1NC. The molecule has 1 aromatic heterocycles. The summed E-state index contributed by atoms with van der Waals surface area (Å²) >= 11 is 0. The molecule has 0 saturated carbocycles. The van der Waals surface area contributed by atoms with Gasteiger partial charge in [0.05, 0.1) is 5.52 Å². The molecule has 0 bridgehead atoms. The van der Waals surface area contributed by atoms with Crippen molar-refractivity contribution in [3.8, 4) is 11.1 Å². The zero-order chi connectivity index (χ0) is 14.8. The van der Waals surface area contributed by atoms with Crippen LogP contribution in [0.4, 0.5) is 5.69 Å². The quantitative estimate of drug-likeness (QED) is 0.742. The second kappa shape index (κ2) is 5.57. The predicted octanol–water partition coefficient (Wildman–Crippen LogP) is 4.81. The van der Waals surface area contributed by atoms with Crippen molar-refractivity contribution < 1.29 is 0 Å². The van der Waals surface area contributed by atoms with Gasteiger partial charge >= 0.3 is 0 Å². The highest BCUT2D eigenvalue weighted by Crippen LogP contribution is 2.34. The average molecular weight is 276 g/mol. The molecule has 0 atom stereocenters. The summed E-state index contributed by atoms with van der Waals surface area (Å²) < 4.78 is 0. The summed E-state index contributed by atoms with van der Waals surface area (Å²) in [6, 6.07) is 16.9. The van der Waals surface area contributed by atoms with Crippen molar-refractivity contribution >= 4 is 16.6 Å². The van der Waals surface area contributed by atoms with Crippen molar-refractivity contribution in [1.29, 1.82) is 0 Å². The van der Waals surface area contributed by atoms with Crippen molar-refractivity contribution in [2.45, 2.75) is 20.3 Å². The third-order valence-corrected chi connectivity index (χ3v) is 4.01. The molecule has 3 rings (SSSR count). The number of aromatic nitrogens is 1. The molecule has 3 aromatic rings. The summed E-state index contributed by atoms with van der Waals surface area (Å²) in [4.78, 5) is 4.89. The van der Waals surface area contributed by atoms with Crippen LogP contribution < -0.4 is 5.32 Å². The van der Waals surface area contributed by atoms with Crippen LogP contribution in [-0.2, 0) is 6.42 Å². The Morgan fingerprint density at radius 2 is 1.76 bits per heavy atom. The normalized spacial score (nSPS) is 10.8. The second-order valence-electron chi connectivity index (χ2n) is 5.22. The van der Waals surface area contributed by atoms with Crippen LogP contribution in [0, 0.1) is 6.92 Å². The molecule has 2 heteroatoms. The van der Waals surface area contributed by atoms with Crippen molar-refractivity contribution in [1.82, 2.24) is 4.98 Å². The summed E-state index contributed by atoms with van der Waals surface area (Å²) in [5.41, 5.74) is 7.09. The first-order valence-electron chi connectivity index (χ1n) is 7.41. The maximum Gasteiger partial charge on any atom is 0.0804 e. The van der Waals surface area contributed by atoms with Crippen molar-refractivity contribution in [3.63, 3.8) is 0 Å². The lowest BCUT2D eigenvalue weighted by Crippen LogP contribution is -2.02. The minimum absolute atomic E-state index is 0.987. The number of rotatable bonds is 3. The molecule has 0 unspecified atom stereocenters. The number of hydrogen-bond acceptors (Lipinski definition) is 2. The third-order valence-electron chi connectivity index (χ3n) is 4.01. The molecule has 1 N–H and O–H groups in total. The van der Waals surface area contributed by atoms with Crippen LogP contribution >= 0.6 is 0 Å². The van der Waals surface area contributed by atoms with Crippen LogP contribution in [-0.4, -0.2) is 12.0 Å². The number of benzene rings is 2. The first-order valence-corrected chi connectivity index (χ1v) is 7.41. The molecule has 0 aliphatic heterocycles. The Balaban J connectivity index is 2.37. The summed E-state index contributed by atoms with van der Waals surface area (Å²) in [5, 5.41) is 4.56. The number of anilines is 1. The molecule has 2 nitrogen and oxygen atoms in total. The number of nitrogens with one attached hydrogen (secondary N) is 1. The Morgan fingerprint density at radius 1 is 1.00 bits per heavy atom. The van der Waals surface area contributed by atoms with Crippen LogP contribution in [0.3, 0.4) is 0 Å². The minimum Gasteiger partial charge on any atom is -0.387 e. The standard InChI is InChI=1S/C19H20N2/c1-4-15-13(2)21-19-16(14-9-6-5-7-10-14)11-8-12-17(19)18(15)20-3/h5-12H,4H2,1-3H3,(H,20,21). The number of para-hydroxylation sites is 1. The Bertz CT molecular complexity index is 776. The molecule has 0 aliphatic carbocycles. The van der Waals surface area contributed by atoms with Crippen LogP contribution in [0.1, 0.15) is 18.2 Å². The lowest BCUT2D eigenvalue weighted by molar-refractivity contribution is 1.07. The Morgan fingerprint density at radius 3 is 2.43 bits per heavy atom. The first-order chi connectivity index (χ1) is 10.3. The highest BCUT2D eigenvalue weighted by molar-refractivity contribution is 6.01. The van der Waals surface area contributed by atoms with E-state index in [2.05, 4.69) is 61.6 Å². The van der Waals surface area contributed by atoms with E-state index in [1.165, 1.54) is 27.8 Å². The summed E-state index contributed by atoms with van der Waals surface area (Å²) in [5.74, 6) is 0. The van der Waals surface area contributed by atoms with Gasteiger partial charge in [0.25, 0.3) is 0 Å². The van der Waals surface area contributed by atoms with Crippen LogP contribution in [0.25, 0.3) is 22.0 Å². The molecule has 0 saturated heterocycles. The Labute approximate surface area is 125 Å². The van der Waals surface area contributed by atoms with Gasteiger partial charge in [0, 0.05) is 29.4 Å². The Kier molecular flexibility index (Phi) is 3.61. The van der Waals surface area contributed by atoms with E-state index in [4.69, 9.17) is 4.98 Å². The molecule has 21 heavy (non-hydrogen) atoms. The number of nitrogens with zero attached hydrogens (tertiary/aromatic N) is 1. The van der Waals surface area contributed by atoms with Gasteiger partial charge in [0.1, 0.15) is 0 Å². The molecule has 0 spiro atoms. The van der Waals surface area contributed by atoms with Gasteiger partial charge in [-0.3, -0.25) is 4.98 Å². The molecular formula is C19H20N2. The van der Waals surface area contributed by atoms with E-state index in [0.717, 1.165) is 17.6 Å². The van der Waals surface area contributed by atoms with Crippen LogP contribution in [0.2, 0.25) is 0 Å². The van der Waals surface area contributed by atoms with Crippen molar-refractivity contribution in [2.24, 2.45) is 0 Å². The molecule has 1 heterocycles. The lowest BCUT2D eigenvalue weighted by atomic mass is 9.98. The number of pyridine rings is 1. The topological polar surface area (TPSA) is 24.9 Å². The van der Waals surface area contributed by atoms with E-state index in [1.807, 2.05) is 13.1 Å². The fourth-order valence-electron chi connectivity index (χ4n) is 3.01. The van der Waals surface area contributed by atoms with Crippen LogP contribution in [0.15, 0.2) is 48.5 Å². The van der Waals surface area contributed by atoms with E-state index in [0.29, 0.717) is 0 Å². The van der Waals surface area contributed by atoms with Gasteiger partial charge in [-0.2, -0.15) is 0 Å². The van der Waals surface area contributed by atoms with Gasteiger partial charge in [-0.1, -0.05) is 55.5 Å². The lowest BCUT2D eigenvalue weighted by Gasteiger charge is -2.16. The summed E-state index contributed by atoms with van der Waals surface area (Å²) in [7, 11) is 1.99. The van der Waals surface area contributed by atoms with Gasteiger partial charge in [-0.05, 0) is 24.5 Å². The molecule has 106 valence electrons. The second-order valence-corrected chi connectivity index (χ2v) is 5.22. The molecular weight excluding hydrogens is 256 g/mol. The minimum atomic E-state index is 0.987.